The molecule has 1 N–H and O–H groups in total. The highest BCUT2D eigenvalue weighted by Crippen LogP contribution is 2.25. The smallest absolute Gasteiger partial charge is 0.251 e. The molecule has 4 heteroatoms. The molecule has 0 aliphatic heterocycles. The molecule has 0 radical (unpaired) electrons. The largest absolute Gasteiger partial charge is 0.550 e. The number of benzene rings is 2. The predicted molar refractivity (Wildman–Crippen MR) is 96.2 cm³/mol. The molecular weight excluding hydrogens is 314 g/mol. The maximum atomic E-state index is 12.5. The van der Waals surface area contributed by atoms with Crippen LogP contribution >= 0.6 is 0 Å². The minimum absolute atomic E-state index is 0.00714. The highest BCUT2D eigenvalue weighted by Gasteiger charge is 2.18. The van der Waals surface area contributed by atoms with E-state index in [4.69, 9.17) is 0 Å². The van der Waals surface area contributed by atoms with Gasteiger partial charge in [0.1, 0.15) is 0 Å². The molecule has 2 aromatic carbocycles. The second-order valence-electron chi connectivity index (χ2n) is 7.34. The molecule has 25 heavy (non-hydrogen) atoms. The van der Waals surface area contributed by atoms with Gasteiger partial charge in [-0.2, -0.15) is 0 Å². The third-order valence-electron chi connectivity index (χ3n) is 4.14. The van der Waals surface area contributed by atoms with E-state index in [0.29, 0.717) is 5.56 Å². The maximum absolute atomic E-state index is 12.5. The lowest BCUT2D eigenvalue weighted by Crippen LogP contribution is -2.34. The molecule has 0 aromatic heterocycles. The van der Waals surface area contributed by atoms with E-state index in [1.54, 1.807) is 18.2 Å². The van der Waals surface area contributed by atoms with E-state index in [9.17, 15) is 14.7 Å². The SMILES string of the molecule is Cc1cccc(C(=O)NC(CC(=O)[O-])c2ccc(C(C)(C)C)cc2)c1. The number of aliphatic carboxylic acids is 1. The lowest BCUT2D eigenvalue weighted by atomic mass is 9.86. The van der Waals surface area contributed by atoms with Crippen LogP contribution in [0.25, 0.3) is 0 Å². The molecular formula is C21H24NO3-. The first-order valence-corrected chi connectivity index (χ1v) is 8.34. The average Bonchev–Trinajstić information content (AvgIpc) is 2.53. The number of aryl methyl sites for hydroxylation is 1. The summed E-state index contributed by atoms with van der Waals surface area (Å²) < 4.78 is 0. The first-order valence-electron chi connectivity index (χ1n) is 8.34. The number of carboxylic acids is 1. The van der Waals surface area contributed by atoms with Crippen LogP contribution in [0.15, 0.2) is 48.5 Å². The summed E-state index contributed by atoms with van der Waals surface area (Å²) in [6.45, 7) is 8.24. The third kappa shape index (κ3) is 5.18. The monoisotopic (exact) mass is 338 g/mol. The average molecular weight is 338 g/mol. The van der Waals surface area contributed by atoms with E-state index in [1.165, 1.54) is 0 Å². The normalized spacial score (nSPS) is 12.5. The Bertz CT molecular complexity index is 757. The summed E-state index contributed by atoms with van der Waals surface area (Å²) in [5, 5.41) is 13.9. The predicted octanol–water partition coefficient (Wildman–Crippen LogP) is 2.90. The van der Waals surface area contributed by atoms with Crippen molar-refractivity contribution >= 4 is 11.9 Å². The van der Waals surface area contributed by atoms with E-state index in [0.717, 1.165) is 16.7 Å². The van der Waals surface area contributed by atoms with Crippen molar-refractivity contribution in [2.24, 2.45) is 0 Å². The van der Waals surface area contributed by atoms with Crippen molar-refractivity contribution in [3.05, 3.63) is 70.8 Å². The van der Waals surface area contributed by atoms with Crippen LogP contribution in [0.2, 0.25) is 0 Å². The number of hydrogen-bond donors (Lipinski definition) is 1. The van der Waals surface area contributed by atoms with Crippen LogP contribution in [0, 0.1) is 6.92 Å². The fraction of sp³-hybridized carbons (Fsp3) is 0.333. The summed E-state index contributed by atoms with van der Waals surface area (Å²) in [6, 6.07) is 14.2. The maximum Gasteiger partial charge on any atom is 0.251 e. The van der Waals surface area contributed by atoms with E-state index in [2.05, 4.69) is 26.1 Å². The van der Waals surface area contributed by atoms with E-state index < -0.39 is 12.0 Å². The van der Waals surface area contributed by atoms with Gasteiger partial charge in [-0.3, -0.25) is 4.79 Å². The molecule has 0 saturated carbocycles. The fourth-order valence-electron chi connectivity index (χ4n) is 2.66. The summed E-state index contributed by atoms with van der Waals surface area (Å²) in [5.41, 5.74) is 3.38. The molecule has 0 spiro atoms. The van der Waals surface area contributed by atoms with E-state index in [-0.39, 0.29) is 17.7 Å². The van der Waals surface area contributed by atoms with Crippen molar-refractivity contribution in [1.29, 1.82) is 0 Å². The van der Waals surface area contributed by atoms with Crippen molar-refractivity contribution in [3.63, 3.8) is 0 Å². The molecule has 2 rings (SSSR count). The van der Waals surface area contributed by atoms with Crippen LogP contribution in [-0.4, -0.2) is 11.9 Å². The Balaban J connectivity index is 2.24. The van der Waals surface area contributed by atoms with Gasteiger partial charge in [0.25, 0.3) is 5.91 Å². The summed E-state index contributed by atoms with van der Waals surface area (Å²) in [5.74, 6) is -1.50. The summed E-state index contributed by atoms with van der Waals surface area (Å²) in [7, 11) is 0. The van der Waals surface area contributed by atoms with Crippen molar-refractivity contribution in [3.8, 4) is 0 Å². The van der Waals surface area contributed by atoms with Crippen molar-refractivity contribution < 1.29 is 14.7 Å². The lowest BCUT2D eigenvalue weighted by molar-refractivity contribution is -0.306. The van der Waals surface area contributed by atoms with Gasteiger partial charge in [0.2, 0.25) is 0 Å². The summed E-state index contributed by atoms with van der Waals surface area (Å²) in [4.78, 5) is 23.6. The molecule has 0 fully saturated rings. The number of hydrogen-bond acceptors (Lipinski definition) is 3. The van der Waals surface area contributed by atoms with Crippen LogP contribution in [0.3, 0.4) is 0 Å². The molecule has 2 aromatic rings. The number of nitrogens with one attached hydrogen (secondary N) is 1. The first kappa shape index (κ1) is 18.7. The Morgan fingerprint density at radius 1 is 1.08 bits per heavy atom. The molecule has 1 atom stereocenters. The van der Waals surface area contributed by atoms with Gasteiger partial charge < -0.3 is 15.2 Å². The zero-order valence-corrected chi connectivity index (χ0v) is 15.1. The van der Waals surface area contributed by atoms with Gasteiger partial charge in [-0.05, 0) is 35.6 Å². The highest BCUT2D eigenvalue weighted by molar-refractivity contribution is 5.94. The highest BCUT2D eigenvalue weighted by atomic mass is 16.4. The molecule has 0 bridgehead atoms. The first-order chi connectivity index (χ1) is 11.7. The minimum Gasteiger partial charge on any atom is -0.550 e. The number of amides is 1. The molecule has 1 unspecified atom stereocenters. The molecule has 132 valence electrons. The Kier molecular flexibility index (Phi) is 5.62. The van der Waals surface area contributed by atoms with Gasteiger partial charge in [-0.15, -0.1) is 0 Å². The zero-order chi connectivity index (χ0) is 18.6. The topological polar surface area (TPSA) is 69.2 Å². The standard InChI is InChI=1S/C21H25NO3/c1-14-6-5-7-16(12-14)20(25)22-18(13-19(23)24)15-8-10-17(11-9-15)21(2,3)4/h5-12,18H,13H2,1-4H3,(H,22,25)(H,23,24)/p-1. The van der Waals surface area contributed by atoms with Gasteiger partial charge in [-0.25, -0.2) is 0 Å². The minimum atomic E-state index is -1.20. The van der Waals surface area contributed by atoms with Gasteiger partial charge in [0.15, 0.2) is 0 Å². The van der Waals surface area contributed by atoms with Crippen LogP contribution in [0.5, 0.6) is 0 Å². The Morgan fingerprint density at radius 3 is 2.24 bits per heavy atom. The van der Waals surface area contributed by atoms with Crippen molar-refractivity contribution in [1.82, 2.24) is 5.32 Å². The Hall–Kier alpha value is -2.62. The summed E-state index contributed by atoms with van der Waals surface area (Å²) in [6.07, 6.45) is -0.271. The molecule has 0 saturated heterocycles. The van der Waals surface area contributed by atoms with Crippen molar-refractivity contribution in [2.45, 2.75) is 45.6 Å². The second-order valence-corrected chi connectivity index (χ2v) is 7.34. The number of carbonyl (C=O) groups excluding carboxylic acids is 2. The zero-order valence-electron chi connectivity index (χ0n) is 15.1. The molecule has 0 aliphatic carbocycles. The molecule has 0 heterocycles. The van der Waals surface area contributed by atoms with Gasteiger partial charge >= 0.3 is 0 Å². The van der Waals surface area contributed by atoms with Crippen molar-refractivity contribution in [2.75, 3.05) is 0 Å². The lowest BCUT2D eigenvalue weighted by Gasteiger charge is -2.23. The van der Waals surface area contributed by atoms with E-state index >= 15 is 0 Å². The van der Waals surface area contributed by atoms with Crippen LogP contribution < -0.4 is 10.4 Å². The molecule has 4 nitrogen and oxygen atoms in total. The molecule has 0 aliphatic rings. The summed E-state index contributed by atoms with van der Waals surface area (Å²) >= 11 is 0. The number of carbonyl (C=O) groups is 2. The second kappa shape index (κ2) is 7.51. The van der Waals surface area contributed by atoms with Gasteiger partial charge in [0.05, 0.1) is 6.04 Å². The quantitative estimate of drug-likeness (QED) is 0.911. The fourth-order valence-corrected chi connectivity index (χ4v) is 2.66. The molecule has 1 amide bonds. The van der Waals surface area contributed by atoms with E-state index in [1.807, 2.05) is 37.3 Å². The number of carboxylic acid groups (broad SMARTS) is 1. The third-order valence-corrected chi connectivity index (χ3v) is 4.14. The Labute approximate surface area is 148 Å². The van der Waals surface area contributed by atoms with Crippen LogP contribution in [-0.2, 0) is 10.2 Å². The number of rotatable bonds is 5. The van der Waals surface area contributed by atoms with Gasteiger partial charge in [-0.1, -0.05) is 62.7 Å². The Morgan fingerprint density at radius 2 is 1.72 bits per heavy atom. The van der Waals surface area contributed by atoms with Gasteiger partial charge in [0, 0.05) is 18.0 Å². The van der Waals surface area contributed by atoms with Crippen LogP contribution in [0.1, 0.15) is 60.3 Å². The van der Waals surface area contributed by atoms with Crippen LogP contribution in [0.4, 0.5) is 0 Å².